The second-order valence-electron chi connectivity index (χ2n) is 11.1. The van der Waals surface area contributed by atoms with Crippen LogP contribution in [0.1, 0.15) is 33.1 Å². The number of unbranched alkanes of at least 4 members (excludes halogenated alkanes) is 1. The number of nitrogens with zero attached hydrogens (tertiary/aromatic N) is 1. The second kappa shape index (κ2) is 22.3. The van der Waals surface area contributed by atoms with E-state index in [1.54, 1.807) is 48.5 Å². The van der Waals surface area contributed by atoms with Crippen LogP contribution in [0.15, 0.2) is 122 Å². The van der Waals surface area contributed by atoms with E-state index in [1.807, 2.05) is 48.5 Å². The number of ether oxygens (including phenoxy) is 2. The van der Waals surface area contributed by atoms with Crippen LogP contribution in [-0.2, 0) is 14.3 Å². The summed E-state index contributed by atoms with van der Waals surface area (Å²) in [4.78, 5) is 24.5. The summed E-state index contributed by atoms with van der Waals surface area (Å²) in [6, 6.07) is 33.2. The van der Waals surface area contributed by atoms with Crippen molar-refractivity contribution in [3.8, 4) is 5.75 Å². The van der Waals surface area contributed by atoms with Crippen LogP contribution in [0.3, 0.4) is 0 Å². The van der Waals surface area contributed by atoms with E-state index < -0.39 is 5.97 Å². The number of nitrogen functional groups attached to an aromatic ring is 6. The molecule has 0 spiro atoms. The highest BCUT2D eigenvalue weighted by atomic mass is 16.5. The third kappa shape index (κ3) is 15.6. The van der Waals surface area contributed by atoms with E-state index in [2.05, 4.69) is 37.5 Å². The minimum atomic E-state index is -0.454. The molecule has 12 N–H and O–H groups in total. The number of anilines is 7. The minimum Gasteiger partial charge on any atom is -0.463 e. The van der Waals surface area contributed by atoms with Crippen molar-refractivity contribution in [3.63, 3.8) is 0 Å². The largest absolute Gasteiger partial charge is 0.463 e. The van der Waals surface area contributed by atoms with Gasteiger partial charge in [0, 0.05) is 76.2 Å². The Labute approximate surface area is 300 Å². The van der Waals surface area contributed by atoms with Crippen LogP contribution in [0.4, 0.5) is 39.8 Å². The standard InChI is InChI=1S/C14H17NO4.C10H10N2.C10H16N2.C6H8N2/c1-2-13(16)18-10-4-3-5-14(17)19-12-8-6-11(15)7-9-12;11-9-5-6-10(12)8-4-2-1-3-7(8)9;1-3-12(4-2)10-7-5-9(11)6-8-10;7-5-1-2-6(8)4-3-5/h2,6-9H,1,3-5,10,15H2;1-6H,11-12H2;5-8H,3-4,11H2,1-2H3;1-4H,7-8H2. The molecule has 0 saturated carbocycles. The van der Waals surface area contributed by atoms with Crippen LogP contribution in [0.25, 0.3) is 10.8 Å². The fourth-order valence-electron chi connectivity index (χ4n) is 4.44. The van der Waals surface area contributed by atoms with Gasteiger partial charge in [-0.2, -0.15) is 0 Å². The van der Waals surface area contributed by atoms with Gasteiger partial charge < -0.3 is 48.8 Å². The Kier molecular flexibility index (Phi) is 17.9. The van der Waals surface area contributed by atoms with Crippen molar-refractivity contribution >= 4 is 62.5 Å². The molecule has 0 unspecified atom stereocenters. The maximum Gasteiger partial charge on any atom is 0.330 e. The highest BCUT2D eigenvalue weighted by Gasteiger charge is 2.05. The van der Waals surface area contributed by atoms with E-state index in [1.165, 1.54) is 5.69 Å². The SMILES string of the molecule is C=CC(=O)OCCCCC(=O)Oc1ccc(N)cc1.CCN(CC)c1ccc(N)cc1.Nc1ccc(N)c2ccccc12.Nc1ccc(N)cc1. The predicted octanol–water partition coefficient (Wildman–Crippen LogP) is 7.04. The normalized spacial score (nSPS) is 9.76. The molecule has 5 aromatic carbocycles. The monoisotopic (exact) mass is 693 g/mol. The summed E-state index contributed by atoms with van der Waals surface area (Å²) in [5, 5.41) is 2.05. The van der Waals surface area contributed by atoms with Crippen molar-refractivity contribution in [2.45, 2.75) is 33.1 Å². The van der Waals surface area contributed by atoms with Gasteiger partial charge in [-0.25, -0.2) is 4.79 Å². The van der Waals surface area contributed by atoms with Crippen LogP contribution in [0.2, 0.25) is 0 Å². The molecule has 0 radical (unpaired) electrons. The van der Waals surface area contributed by atoms with Crippen LogP contribution in [0.5, 0.6) is 5.75 Å². The first-order valence-electron chi connectivity index (χ1n) is 16.6. The Balaban J connectivity index is 0.000000246. The lowest BCUT2D eigenvalue weighted by molar-refractivity contribution is -0.137. The highest BCUT2D eigenvalue weighted by molar-refractivity contribution is 6.00. The number of esters is 2. The summed E-state index contributed by atoms with van der Waals surface area (Å²) in [6.07, 6.45) is 2.58. The lowest BCUT2D eigenvalue weighted by Crippen LogP contribution is -2.21. The van der Waals surface area contributed by atoms with Crippen LogP contribution in [0, 0.1) is 0 Å². The van der Waals surface area contributed by atoms with E-state index in [4.69, 9.17) is 43.9 Å². The Morgan fingerprint density at radius 2 is 1.06 bits per heavy atom. The van der Waals surface area contributed by atoms with Gasteiger partial charge >= 0.3 is 11.9 Å². The van der Waals surface area contributed by atoms with Gasteiger partial charge in [0.25, 0.3) is 0 Å². The van der Waals surface area contributed by atoms with Gasteiger partial charge in [-0.15, -0.1) is 0 Å². The summed E-state index contributed by atoms with van der Waals surface area (Å²) in [6.45, 7) is 9.95. The highest BCUT2D eigenvalue weighted by Crippen LogP contribution is 2.25. The number of benzene rings is 5. The molecule has 0 atom stereocenters. The Hall–Kier alpha value is -6.36. The zero-order chi connectivity index (χ0) is 37.6. The lowest BCUT2D eigenvalue weighted by atomic mass is 10.1. The molecule has 0 fully saturated rings. The molecular weight excluding hydrogens is 642 g/mol. The lowest BCUT2D eigenvalue weighted by Gasteiger charge is -2.20. The van der Waals surface area contributed by atoms with Crippen LogP contribution < -0.4 is 44.0 Å². The third-order valence-electron chi connectivity index (χ3n) is 7.25. The molecule has 0 bridgehead atoms. The third-order valence-corrected chi connectivity index (χ3v) is 7.25. The molecule has 11 heteroatoms. The van der Waals surface area contributed by atoms with Crippen molar-refractivity contribution in [2.75, 3.05) is 59.0 Å². The summed E-state index contributed by atoms with van der Waals surface area (Å²) in [5.41, 5.74) is 39.1. The molecule has 0 aliphatic rings. The molecule has 0 amide bonds. The maximum absolute atomic E-state index is 11.5. The number of carbonyl (C=O) groups is 2. The van der Waals surface area contributed by atoms with E-state index >= 15 is 0 Å². The molecule has 0 heterocycles. The molecule has 5 rings (SSSR count). The number of rotatable bonds is 10. The predicted molar refractivity (Wildman–Crippen MR) is 214 cm³/mol. The van der Waals surface area contributed by atoms with Crippen LogP contribution in [-0.4, -0.2) is 31.6 Å². The zero-order valence-electron chi connectivity index (χ0n) is 29.5. The smallest absolute Gasteiger partial charge is 0.330 e. The van der Waals surface area contributed by atoms with E-state index in [0.717, 1.165) is 58.4 Å². The van der Waals surface area contributed by atoms with Crippen LogP contribution >= 0.6 is 0 Å². The molecule has 51 heavy (non-hydrogen) atoms. The number of hydrogen-bond donors (Lipinski definition) is 6. The average molecular weight is 694 g/mol. The van der Waals surface area contributed by atoms with Crippen molar-refractivity contribution in [1.29, 1.82) is 0 Å². The Morgan fingerprint density at radius 1 is 0.627 bits per heavy atom. The first-order valence-corrected chi connectivity index (χ1v) is 16.6. The molecule has 0 aliphatic carbocycles. The Morgan fingerprint density at radius 3 is 1.49 bits per heavy atom. The summed E-state index contributed by atoms with van der Waals surface area (Å²) >= 11 is 0. The van der Waals surface area contributed by atoms with Gasteiger partial charge in [-0.1, -0.05) is 30.8 Å². The molecular formula is C40H51N7O4. The van der Waals surface area contributed by atoms with Crippen molar-refractivity contribution in [1.82, 2.24) is 0 Å². The quantitative estimate of drug-likeness (QED) is 0.0287. The molecule has 5 aromatic rings. The van der Waals surface area contributed by atoms with E-state index in [0.29, 0.717) is 24.3 Å². The van der Waals surface area contributed by atoms with Gasteiger partial charge in [0.2, 0.25) is 0 Å². The topological polar surface area (TPSA) is 212 Å². The molecule has 0 aromatic heterocycles. The van der Waals surface area contributed by atoms with E-state index in [9.17, 15) is 9.59 Å². The fourth-order valence-corrected chi connectivity index (χ4v) is 4.44. The van der Waals surface area contributed by atoms with Gasteiger partial charge in [0.1, 0.15) is 5.75 Å². The van der Waals surface area contributed by atoms with Crippen molar-refractivity contribution in [3.05, 3.63) is 122 Å². The number of nitrogens with two attached hydrogens (primary N) is 6. The minimum absolute atomic E-state index is 0.274. The van der Waals surface area contributed by atoms with Gasteiger partial charge in [0.05, 0.1) is 6.61 Å². The second-order valence-corrected chi connectivity index (χ2v) is 11.1. The Bertz CT molecular complexity index is 1710. The zero-order valence-corrected chi connectivity index (χ0v) is 29.5. The molecule has 270 valence electrons. The van der Waals surface area contributed by atoms with Gasteiger partial charge in [-0.05, 0) is 112 Å². The number of hydrogen-bond acceptors (Lipinski definition) is 11. The molecule has 11 nitrogen and oxygen atoms in total. The first-order chi connectivity index (χ1) is 24.5. The molecule has 0 aliphatic heterocycles. The summed E-state index contributed by atoms with van der Waals surface area (Å²) in [7, 11) is 0. The average Bonchev–Trinajstić information content (AvgIpc) is 3.14. The van der Waals surface area contributed by atoms with E-state index in [-0.39, 0.29) is 19.0 Å². The first kappa shape index (κ1) is 40.8. The number of carbonyl (C=O) groups excluding carboxylic acids is 2. The fraction of sp³-hybridized carbons (Fsp3) is 0.200. The summed E-state index contributed by atoms with van der Waals surface area (Å²) in [5.74, 6) is -0.304. The van der Waals surface area contributed by atoms with Crippen molar-refractivity contribution < 1.29 is 19.1 Å². The molecule has 0 saturated heterocycles. The van der Waals surface area contributed by atoms with Gasteiger partial charge in [-0.3, -0.25) is 4.79 Å². The number of fused-ring (bicyclic) bond motifs is 1. The maximum atomic E-state index is 11.5. The van der Waals surface area contributed by atoms with Crippen molar-refractivity contribution in [2.24, 2.45) is 0 Å². The summed E-state index contributed by atoms with van der Waals surface area (Å²) < 4.78 is 9.88. The van der Waals surface area contributed by atoms with Gasteiger partial charge in [0.15, 0.2) is 0 Å².